The number of para-hydroxylation sites is 1. The highest BCUT2D eigenvalue weighted by molar-refractivity contribution is 5.87. The molecule has 24 heavy (non-hydrogen) atoms. The quantitative estimate of drug-likeness (QED) is 0.691. The fourth-order valence-electron chi connectivity index (χ4n) is 3.52. The number of hydrogen-bond donors (Lipinski definition) is 1. The molecule has 2 atom stereocenters. The van der Waals surface area contributed by atoms with Gasteiger partial charge in [0.25, 0.3) is 0 Å². The Balaban J connectivity index is 1.99. The van der Waals surface area contributed by atoms with Crippen LogP contribution in [0, 0.1) is 20.8 Å². The van der Waals surface area contributed by atoms with Crippen molar-refractivity contribution in [3.8, 4) is 5.75 Å². The van der Waals surface area contributed by atoms with Gasteiger partial charge in [0.1, 0.15) is 17.4 Å². The fourth-order valence-corrected chi connectivity index (χ4v) is 3.52. The lowest BCUT2D eigenvalue weighted by Gasteiger charge is -2.19. The van der Waals surface area contributed by atoms with Crippen LogP contribution in [0.5, 0.6) is 5.75 Å². The molecule has 1 N–H and O–H groups in total. The van der Waals surface area contributed by atoms with Crippen molar-refractivity contribution in [2.75, 3.05) is 0 Å². The molecule has 4 heteroatoms. The number of aliphatic hydroxyl groups is 1. The molecule has 1 aliphatic heterocycles. The van der Waals surface area contributed by atoms with Crippen molar-refractivity contribution < 1.29 is 14.3 Å². The first-order valence-electron chi connectivity index (χ1n) is 7.95. The standard InChI is InChI=1S/C20H18O4/c1-10-8-11(2)17-14(9-16(21)24-19(17)12(10)3)20-18(22)13-6-4-5-7-15(13)23-20/h4-9,18,20,22H,1-3H3/t18-,20-/m1/s1. The molecule has 0 fully saturated rings. The maximum atomic E-state index is 12.1. The van der Waals surface area contributed by atoms with E-state index in [1.54, 1.807) is 0 Å². The summed E-state index contributed by atoms with van der Waals surface area (Å²) < 4.78 is 11.4. The number of aliphatic hydroxyl groups excluding tert-OH is 1. The minimum atomic E-state index is -0.813. The van der Waals surface area contributed by atoms with Crippen LogP contribution in [-0.4, -0.2) is 5.11 Å². The van der Waals surface area contributed by atoms with Crippen LogP contribution in [0.1, 0.15) is 40.0 Å². The van der Waals surface area contributed by atoms with Gasteiger partial charge < -0.3 is 14.3 Å². The van der Waals surface area contributed by atoms with Gasteiger partial charge in [-0.1, -0.05) is 24.3 Å². The molecule has 0 radical (unpaired) electrons. The Kier molecular flexibility index (Phi) is 3.25. The van der Waals surface area contributed by atoms with E-state index in [0.29, 0.717) is 16.9 Å². The monoisotopic (exact) mass is 322 g/mol. The van der Waals surface area contributed by atoms with E-state index in [-0.39, 0.29) is 0 Å². The molecule has 0 bridgehead atoms. The van der Waals surface area contributed by atoms with Crippen molar-refractivity contribution in [2.45, 2.75) is 33.0 Å². The predicted octanol–water partition coefficient (Wildman–Crippen LogP) is 3.89. The van der Waals surface area contributed by atoms with Crippen LogP contribution < -0.4 is 10.4 Å². The molecular formula is C20H18O4. The summed E-state index contributed by atoms with van der Waals surface area (Å²) in [7, 11) is 0. The number of benzene rings is 2. The van der Waals surface area contributed by atoms with E-state index in [1.165, 1.54) is 6.07 Å². The summed E-state index contributed by atoms with van der Waals surface area (Å²) >= 11 is 0. The molecule has 2 aromatic carbocycles. The highest BCUT2D eigenvalue weighted by atomic mass is 16.5. The molecular weight excluding hydrogens is 304 g/mol. The summed E-state index contributed by atoms with van der Waals surface area (Å²) in [5.74, 6) is 0.651. The van der Waals surface area contributed by atoms with Crippen molar-refractivity contribution in [3.05, 3.63) is 74.6 Å². The van der Waals surface area contributed by atoms with E-state index in [9.17, 15) is 9.90 Å². The fraction of sp³-hybridized carbons (Fsp3) is 0.250. The Morgan fingerprint density at radius 1 is 1.00 bits per heavy atom. The second-order valence-electron chi connectivity index (χ2n) is 6.38. The summed E-state index contributed by atoms with van der Waals surface area (Å²) in [6, 6.07) is 10.9. The zero-order chi connectivity index (χ0) is 17.0. The second-order valence-corrected chi connectivity index (χ2v) is 6.38. The second kappa shape index (κ2) is 5.21. The topological polar surface area (TPSA) is 59.7 Å². The van der Waals surface area contributed by atoms with Crippen molar-refractivity contribution in [3.63, 3.8) is 0 Å². The lowest BCUT2D eigenvalue weighted by molar-refractivity contribution is 0.0680. The third-order valence-electron chi connectivity index (χ3n) is 4.84. The lowest BCUT2D eigenvalue weighted by atomic mass is 9.93. The first-order chi connectivity index (χ1) is 11.5. The normalized spacial score (nSPS) is 19.3. The van der Waals surface area contributed by atoms with Crippen molar-refractivity contribution in [1.82, 2.24) is 0 Å². The molecule has 0 aliphatic carbocycles. The van der Waals surface area contributed by atoms with Crippen LogP contribution >= 0.6 is 0 Å². The van der Waals surface area contributed by atoms with Gasteiger partial charge in [-0.3, -0.25) is 0 Å². The number of hydrogen-bond acceptors (Lipinski definition) is 4. The zero-order valence-corrected chi connectivity index (χ0v) is 13.8. The number of rotatable bonds is 1. The molecule has 0 saturated carbocycles. The minimum absolute atomic E-state index is 0.433. The number of aryl methyl sites for hydroxylation is 3. The molecule has 2 heterocycles. The first kappa shape index (κ1) is 15.0. The Hall–Kier alpha value is -2.59. The maximum Gasteiger partial charge on any atom is 0.336 e. The van der Waals surface area contributed by atoms with Crippen molar-refractivity contribution in [2.24, 2.45) is 0 Å². The van der Waals surface area contributed by atoms with Gasteiger partial charge in [0.2, 0.25) is 0 Å². The van der Waals surface area contributed by atoms with Crippen LogP contribution in [-0.2, 0) is 0 Å². The molecule has 4 nitrogen and oxygen atoms in total. The average molecular weight is 322 g/mol. The van der Waals surface area contributed by atoms with E-state index in [4.69, 9.17) is 9.15 Å². The van der Waals surface area contributed by atoms with E-state index in [0.717, 1.165) is 27.6 Å². The third kappa shape index (κ3) is 2.07. The number of ether oxygens (including phenoxy) is 1. The van der Waals surface area contributed by atoms with E-state index in [2.05, 4.69) is 6.07 Å². The highest BCUT2D eigenvalue weighted by Gasteiger charge is 2.35. The van der Waals surface area contributed by atoms with Gasteiger partial charge in [0.15, 0.2) is 6.10 Å². The summed E-state index contributed by atoms with van der Waals surface area (Å²) in [4.78, 5) is 12.1. The van der Waals surface area contributed by atoms with Crippen LogP contribution in [0.2, 0.25) is 0 Å². The molecule has 122 valence electrons. The molecule has 0 spiro atoms. The lowest BCUT2D eigenvalue weighted by Crippen LogP contribution is -2.14. The van der Waals surface area contributed by atoms with E-state index >= 15 is 0 Å². The van der Waals surface area contributed by atoms with Gasteiger partial charge >= 0.3 is 5.63 Å². The van der Waals surface area contributed by atoms with E-state index < -0.39 is 17.8 Å². The van der Waals surface area contributed by atoms with Crippen LogP contribution in [0.3, 0.4) is 0 Å². The van der Waals surface area contributed by atoms with Crippen molar-refractivity contribution >= 4 is 11.0 Å². The zero-order valence-electron chi connectivity index (χ0n) is 13.8. The molecule has 0 saturated heterocycles. The summed E-state index contributed by atoms with van der Waals surface area (Å²) in [6.07, 6.45) is -1.43. The summed E-state index contributed by atoms with van der Waals surface area (Å²) in [5, 5.41) is 11.5. The summed E-state index contributed by atoms with van der Waals surface area (Å²) in [6.45, 7) is 5.91. The molecule has 0 amide bonds. The average Bonchev–Trinajstić information content (AvgIpc) is 2.89. The van der Waals surface area contributed by atoms with Gasteiger partial charge in [0, 0.05) is 22.6 Å². The Morgan fingerprint density at radius 2 is 1.75 bits per heavy atom. The Labute approximate surface area is 139 Å². The molecule has 1 aliphatic rings. The minimum Gasteiger partial charge on any atom is -0.482 e. The molecule has 4 rings (SSSR count). The molecule has 3 aromatic rings. The smallest absolute Gasteiger partial charge is 0.336 e. The predicted molar refractivity (Wildman–Crippen MR) is 91.5 cm³/mol. The molecule has 0 unspecified atom stereocenters. The van der Waals surface area contributed by atoms with Gasteiger partial charge in [-0.25, -0.2) is 4.79 Å². The maximum absolute atomic E-state index is 12.1. The largest absolute Gasteiger partial charge is 0.482 e. The summed E-state index contributed by atoms with van der Waals surface area (Å²) in [5.41, 5.74) is 4.55. The van der Waals surface area contributed by atoms with Gasteiger partial charge in [-0.15, -0.1) is 0 Å². The Morgan fingerprint density at radius 3 is 2.50 bits per heavy atom. The van der Waals surface area contributed by atoms with Crippen LogP contribution in [0.4, 0.5) is 0 Å². The third-order valence-corrected chi connectivity index (χ3v) is 4.84. The molecule has 1 aromatic heterocycles. The first-order valence-corrected chi connectivity index (χ1v) is 7.95. The van der Waals surface area contributed by atoms with Crippen LogP contribution in [0.15, 0.2) is 45.6 Å². The number of fused-ring (bicyclic) bond motifs is 2. The van der Waals surface area contributed by atoms with Gasteiger partial charge in [-0.2, -0.15) is 0 Å². The van der Waals surface area contributed by atoms with Gasteiger partial charge in [-0.05, 0) is 43.5 Å². The Bertz CT molecular complexity index is 1020. The van der Waals surface area contributed by atoms with Gasteiger partial charge in [0.05, 0.1) is 0 Å². The van der Waals surface area contributed by atoms with Crippen LogP contribution in [0.25, 0.3) is 11.0 Å². The highest BCUT2D eigenvalue weighted by Crippen LogP contribution is 2.46. The van der Waals surface area contributed by atoms with E-state index in [1.807, 2.05) is 45.0 Å². The van der Waals surface area contributed by atoms with Crippen molar-refractivity contribution in [1.29, 1.82) is 0 Å². The SMILES string of the molecule is Cc1cc(C)c2c([C@H]3Oc4ccccc4[C@H]3O)cc(=O)oc2c1C.